The molecule has 1 amide bonds. The van der Waals surface area contributed by atoms with Crippen molar-refractivity contribution < 1.29 is 14.7 Å². The third-order valence-electron chi connectivity index (χ3n) is 5.88. The van der Waals surface area contributed by atoms with Gasteiger partial charge in [-0.05, 0) is 61.2 Å². The predicted molar refractivity (Wildman–Crippen MR) is 129 cm³/mol. The summed E-state index contributed by atoms with van der Waals surface area (Å²) in [5.41, 5.74) is 2.21. The number of rotatable bonds is 11. The second kappa shape index (κ2) is 10.8. The Balaban J connectivity index is 1.91. The zero-order valence-corrected chi connectivity index (χ0v) is 20.1. The number of thiophene rings is 1. The second-order valence-electron chi connectivity index (χ2n) is 8.66. The van der Waals surface area contributed by atoms with E-state index in [2.05, 4.69) is 35.2 Å². The topological polar surface area (TPSA) is 84.2 Å². The van der Waals surface area contributed by atoms with Gasteiger partial charge in [0.2, 0.25) is 0 Å². The summed E-state index contributed by atoms with van der Waals surface area (Å²) in [5, 5.41) is 14.3. The van der Waals surface area contributed by atoms with E-state index in [0.29, 0.717) is 23.9 Å². The van der Waals surface area contributed by atoms with Gasteiger partial charge in [-0.2, -0.15) is 0 Å². The molecular weight excluding hydrogens is 422 g/mol. The van der Waals surface area contributed by atoms with Crippen molar-refractivity contribution in [3.05, 3.63) is 52.0 Å². The number of fused-ring (bicyclic) bond motifs is 1. The molecule has 6 nitrogen and oxygen atoms in total. The normalized spacial score (nSPS) is 12.6. The zero-order chi connectivity index (χ0) is 23.3. The number of amides is 1. The third kappa shape index (κ3) is 5.57. The summed E-state index contributed by atoms with van der Waals surface area (Å²) in [6.07, 6.45) is 3.90. The number of carboxylic acids is 1. The lowest BCUT2D eigenvalue weighted by molar-refractivity contribution is -0.139. The van der Waals surface area contributed by atoms with Crippen molar-refractivity contribution in [1.29, 1.82) is 0 Å². The standard InChI is InChI=1S/C25H33N3O3S/c1-5-18(6-2)28-22-12-10-17(24(29)27-20(25(30)31)11-9-16(3)4)14-21(22)26-23(28)15-19-8-7-13-32-19/h7-8,10,12-14,16,18,20H,5-6,9,11,15H2,1-4H3,(H,27,29)(H,30,31). The van der Waals surface area contributed by atoms with Crippen LogP contribution in [0, 0.1) is 5.92 Å². The molecule has 3 rings (SSSR count). The van der Waals surface area contributed by atoms with E-state index in [-0.39, 0.29) is 5.91 Å². The lowest BCUT2D eigenvalue weighted by Crippen LogP contribution is -2.40. The minimum absolute atomic E-state index is 0.335. The van der Waals surface area contributed by atoms with Crippen molar-refractivity contribution in [3.8, 4) is 0 Å². The Labute approximate surface area is 193 Å². The molecule has 0 aliphatic rings. The van der Waals surface area contributed by atoms with Gasteiger partial charge in [-0.3, -0.25) is 4.79 Å². The highest BCUT2D eigenvalue weighted by molar-refractivity contribution is 7.09. The van der Waals surface area contributed by atoms with Gasteiger partial charge in [-0.25, -0.2) is 9.78 Å². The lowest BCUT2D eigenvalue weighted by Gasteiger charge is -2.19. The van der Waals surface area contributed by atoms with E-state index >= 15 is 0 Å². The number of hydrogen-bond donors (Lipinski definition) is 2. The van der Waals surface area contributed by atoms with Crippen LogP contribution in [0.5, 0.6) is 0 Å². The highest BCUT2D eigenvalue weighted by atomic mass is 32.1. The molecule has 2 heterocycles. The Morgan fingerprint density at radius 2 is 1.91 bits per heavy atom. The zero-order valence-electron chi connectivity index (χ0n) is 19.3. The van der Waals surface area contributed by atoms with Gasteiger partial charge >= 0.3 is 5.97 Å². The number of aromatic nitrogens is 2. The number of aliphatic carboxylic acids is 1. The molecule has 0 saturated heterocycles. The number of nitrogens with zero attached hydrogens (tertiary/aromatic N) is 2. The Bertz CT molecular complexity index is 1050. The average molecular weight is 456 g/mol. The number of imidazole rings is 1. The van der Waals surface area contributed by atoms with Crippen LogP contribution in [0.2, 0.25) is 0 Å². The number of nitrogens with one attached hydrogen (secondary N) is 1. The summed E-state index contributed by atoms with van der Waals surface area (Å²) in [6, 6.07) is 9.10. The van der Waals surface area contributed by atoms with Gasteiger partial charge in [-0.1, -0.05) is 33.8 Å². The Morgan fingerprint density at radius 3 is 2.50 bits per heavy atom. The molecule has 0 bridgehead atoms. The fourth-order valence-corrected chi connectivity index (χ4v) is 4.75. The first-order chi connectivity index (χ1) is 15.3. The number of benzene rings is 1. The monoisotopic (exact) mass is 455 g/mol. The van der Waals surface area contributed by atoms with Gasteiger partial charge in [0.05, 0.1) is 11.0 Å². The van der Waals surface area contributed by atoms with Gasteiger partial charge in [0.1, 0.15) is 11.9 Å². The molecule has 7 heteroatoms. The van der Waals surface area contributed by atoms with Crippen LogP contribution in [0.25, 0.3) is 11.0 Å². The van der Waals surface area contributed by atoms with E-state index in [9.17, 15) is 14.7 Å². The fraction of sp³-hybridized carbons (Fsp3) is 0.480. The van der Waals surface area contributed by atoms with E-state index in [0.717, 1.165) is 42.5 Å². The summed E-state index contributed by atoms with van der Waals surface area (Å²) >= 11 is 1.71. The van der Waals surface area contributed by atoms with E-state index in [4.69, 9.17) is 4.98 Å². The van der Waals surface area contributed by atoms with Gasteiger partial charge in [0, 0.05) is 22.9 Å². The molecule has 0 fully saturated rings. The van der Waals surface area contributed by atoms with Crippen molar-refractivity contribution in [2.45, 2.75) is 71.9 Å². The molecule has 1 unspecified atom stereocenters. The van der Waals surface area contributed by atoms with Crippen molar-refractivity contribution in [2.24, 2.45) is 5.92 Å². The summed E-state index contributed by atoms with van der Waals surface area (Å²) in [6.45, 7) is 8.44. The molecule has 0 aliphatic heterocycles. The van der Waals surface area contributed by atoms with Crippen LogP contribution in [0.15, 0.2) is 35.7 Å². The molecule has 2 aromatic heterocycles. The minimum atomic E-state index is -1.00. The van der Waals surface area contributed by atoms with Crippen LogP contribution >= 0.6 is 11.3 Å². The van der Waals surface area contributed by atoms with Crippen LogP contribution in [0.4, 0.5) is 0 Å². The van der Waals surface area contributed by atoms with E-state index in [1.54, 1.807) is 23.5 Å². The van der Waals surface area contributed by atoms with Crippen molar-refractivity contribution in [2.75, 3.05) is 0 Å². The molecule has 32 heavy (non-hydrogen) atoms. The van der Waals surface area contributed by atoms with Gasteiger partial charge in [-0.15, -0.1) is 11.3 Å². The molecule has 2 N–H and O–H groups in total. The molecule has 1 atom stereocenters. The number of hydrogen-bond acceptors (Lipinski definition) is 4. The molecule has 0 radical (unpaired) electrons. The molecule has 0 spiro atoms. The first-order valence-electron chi connectivity index (χ1n) is 11.4. The first kappa shape index (κ1) is 24.0. The number of carbonyl (C=O) groups excluding carboxylic acids is 1. The molecule has 3 aromatic rings. The van der Waals surface area contributed by atoms with E-state index < -0.39 is 12.0 Å². The van der Waals surface area contributed by atoms with Crippen molar-refractivity contribution in [3.63, 3.8) is 0 Å². The van der Waals surface area contributed by atoms with Crippen LogP contribution in [-0.4, -0.2) is 32.6 Å². The quantitative estimate of drug-likeness (QED) is 0.390. The minimum Gasteiger partial charge on any atom is -0.480 e. The maximum Gasteiger partial charge on any atom is 0.326 e. The van der Waals surface area contributed by atoms with Gasteiger partial charge < -0.3 is 15.0 Å². The first-order valence-corrected chi connectivity index (χ1v) is 12.3. The summed E-state index contributed by atoms with van der Waals surface area (Å²) < 4.78 is 2.30. The molecular formula is C25H33N3O3S. The highest BCUT2D eigenvalue weighted by Crippen LogP contribution is 2.28. The van der Waals surface area contributed by atoms with Crippen LogP contribution < -0.4 is 5.32 Å². The van der Waals surface area contributed by atoms with Gasteiger partial charge in [0.15, 0.2) is 0 Å². The summed E-state index contributed by atoms with van der Waals surface area (Å²) in [4.78, 5) is 30.6. The Kier molecular flexibility index (Phi) is 8.07. The Morgan fingerprint density at radius 1 is 1.16 bits per heavy atom. The van der Waals surface area contributed by atoms with Crippen LogP contribution in [-0.2, 0) is 11.2 Å². The molecule has 172 valence electrons. The molecule has 0 aliphatic carbocycles. The fourth-order valence-electron chi connectivity index (χ4n) is 4.04. The van der Waals surface area contributed by atoms with Gasteiger partial charge in [0.25, 0.3) is 5.91 Å². The summed E-state index contributed by atoms with van der Waals surface area (Å²) in [5.74, 6) is -0.00812. The van der Waals surface area contributed by atoms with E-state index in [1.807, 2.05) is 26.0 Å². The SMILES string of the molecule is CCC(CC)n1c(Cc2cccs2)nc2cc(C(=O)NC(CCC(C)C)C(=O)O)ccc21. The van der Waals surface area contributed by atoms with E-state index in [1.165, 1.54) is 4.88 Å². The highest BCUT2D eigenvalue weighted by Gasteiger charge is 2.22. The number of carboxylic acid groups (broad SMARTS) is 1. The average Bonchev–Trinajstić information content (AvgIpc) is 3.39. The summed E-state index contributed by atoms with van der Waals surface area (Å²) in [7, 11) is 0. The maximum atomic E-state index is 12.8. The second-order valence-corrected chi connectivity index (χ2v) is 9.70. The van der Waals surface area contributed by atoms with Crippen molar-refractivity contribution in [1.82, 2.24) is 14.9 Å². The number of carbonyl (C=O) groups is 2. The van der Waals surface area contributed by atoms with Crippen LogP contribution in [0.3, 0.4) is 0 Å². The molecule has 1 aromatic carbocycles. The predicted octanol–water partition coefficient (Wildman–Crippen LogP) is 5.67. The lowest BCUT2D eigenvalue weighted by atomic mass is 10.0. The third-order valence-corrected chi connectivity index (χ3v) is 6.76. The largest absolute Gasteiger partial charge is 0.480 e. The van der Waals surface area contributed by atoms with Crippen molar-refractivity contribution >= 4 is 34.2 Å². The Hall–Kier alpha value is -2.67. The smallest absolute Gasteiger partial charge is 0.326 e. The maximum absolute atomic E-state index is 12.8. The van der Waals surface area contributed by atoms with Crippen LogP contribution in [0.1, 0.15) is 80.5 Å². The molecule has 0 saturated carbocycles.